The molecule has 1 heterocycles. The molecule has 1 aromatic heterocycles. The quantitative estimate of drug-likeness (QED) is 0.903. The molecule has 1 aromatic carbocycles. The van der Waals surface area contributed by atoms with Crippen LogP contribution in [0.1, 0.15) is 5.69 Å². The van der Waals surface area contributed by atoms with Crippen molar-refractivity contribution in [2.24, 2.45) is 0 Å². The van der Waals surface area contributed by atoms with Crippen molar-refractivity contribution in [2.75, 3.05) is 6.54 Å². The molecule has 0 amide bonds. The van der Waals surface area contributed by atoms with Gasteiger partial charge in [-0.05, 0) is 24.3 Å². The summed E-state index contributed by atoms with van der Waals surface area (Å²) in [5.41, 5.74) is 1.53. The highest BCUT2D eigenvalue weighted by Gasteiger charge is 2.06. The number of thiazole rings is 1. The molecule has 0 radical (unpaired) electrons. The second kappa shape index (κ2) is 5.97. The van der Waals surface area contributed by atoms with Crippen LogP contribution < -0.4 is 5.32 Å². The van der Waals surface area contributed by atoms with Crippen molar-refractivity contribution in [3.8, 4) is 10.6 Å². The van der Waals surface area contributed by atoms with Gasteiger partial charge in [-0.2, -0.15) is 0 Å². The van der Waals surface area contributed by atoms with Crippen LogP contribution >= 0.6 is 11.3 Å². The number of nitrogens with one attached hydrogen (secondary N) is 1. The first kappa shape index (κ1) is 13.0. The molecule has 0 aliphatic carbocycles. The summed E-state index contributed by atoms with van der Waals surface area (Å²) in [6.45, 7) is -0.0363. The Hall–Kier alpha value is -1.40. The van der Waals surface area contributed by atoms with Gasteiger partial charge in [0.2, 0.25) is 0 Å². The molecular formula is C12H11F3N2S. The summed E-state index contributed by atoms with van der Waals surface area (Å²) in [7, 11) is 0. The minimum atomic E-state index is -2.36. The fourth-order valence-corrected chi connectivity index (χ4v) is 2.25. The van der Waals surface area contributed by atoms with E-state index in [1.807, 2.05) is 0 Å². The number of nitrogens with zero attached hydrogens (tertiary/aromatic N) is 1. The standard InChI is InChI=1S/C12H11F3N2S/c13-9-3-1-8(2-4-9)12-17-10(7-18-12)5-16-6-11(14)15/h1-4,7,11,16H,5-6H2. The Kier molecular flexibility index (Phi) is 4.33. The maximum absolute atomic E-state index is 12.8. The van der Waals surface area contributed by atoms with Crippen molar-refractivity contribution < 1.29 is 13.2 Å². The van der Waals surface area contributed by atoms with Crippen molar-refractivity contribution in [3.63, 3.8) is 0 Å². The van der Waals surface area contributed by atoms with E-state index in [0.29, 0.717) is 12.2 Å². The molecule has 2 rings (SSSR count). The molecule has 0 aliphatic rings. The number of halogens is 3. The molecule has 18 heavy (non-hydrogen) atoms. The van der Waals surface area contributed by atoms with Crippen molar-refractivity contribution >= 4 is 11.3 Å². The fourth-order valence-electron chi connectivity index (χ4n) is 1.42. The summed E-state index contributed by atoms with van der Waals surface area (Å²) in [5.74, 6) is -0.297. The van der Waals surface area contributed by atoms with Gasteiger partial charge in [-0.15, -0.1) is 11.3 Å². The van der Waals surface area contributed by atoms with E-state index >= 15 is 0 Å². The third-order valence-corrected chi connectivity index (χ3v) is 3.19. The molecule has 0 atom stereocenters. The molecule has 2 aromatic rings. The lowest BCUT2D eigenvalue weighted by molar-refractivity contribution is 0.145. The van der Waals surface area contributed by atoms with Crippen molar-refractivity contribution in [1.82, 2.24) is 10.3 Å². The van der Waals surface area contributed by atoms with Crippen LogP contribution in [-0.4, -0.2) is 18.0 Å². The highest BCUT2D eigenvalue weighted by atomic mass is 32.1. The molecule has 6 heteroatoms. The average Bonchev–Trinajstić information content (AvgIpc) is 2.78. The summed E-state index contributed by atoms with van der Waals surface area (Å²) in [5, 5.41) is 5.17. The molecule has 96 valence electrons. The Balaban J connectivity index is 1.99. The van der Waals surface area contributed by atoms with E-state index in [1.54, 1.807) is 17.5 Å². The van der Waals surface area contributed by atoms with E-state index < -0.39 is 6.43 Å². The van der Waals surface area contributed by atoms with E-state index in [1.165, 1.54) is 23.5 Å². The van der Waals surface area contributed by atoms with E-state index in [9.17, 15) is 13.2 Å². The number of alkyl halides is 2. The van der Waals surface area contributed by atoms with Gasteiger partial charge in [0.05, 0.1) is 12.2 Å². The van der Waals surface area contributed by atoms with Gasteiger partial charge in [0.25, 0.3) is 6.43 Å². The van der Waals surface area contributed by atoms with Gasteiger partial charge in [0.15, 0.2) is 0 Å². The first-order valence-electron chi connectivity index (χ1n) is 5.34. The molecule has 0 aliphatic heterocycles. The Morgan fingerprint density at radius 2 is 1.94 bits per heavy atom. The summed E-state index contributed by atoms with van der Waals surface area (Å²) in [6.07, 6.45) is -2.36. The van der Waals surface area contributed by atoms with Gasteiger partial charge in [0, 0.05) is 17.5 Å². The topological polar surface area (TPSA) is 24.9 Å². The minimum absolute atomic E-state index is 0.297. The van der Waals surface area contributed by atoms with Gasteiger partial charge >= 0.3 is 0 Å². The van der Waals surface area contributed by atoms with E-state index in [4.69, 9.17) is 0 Å². The van der Waals surface area contributed by atoms with Crippen LogP contribution in [0, 0.1) is 5.82 Å². The largest absolute Gasteiger partial charge is 0.306 e. The molecule has 2 nitrogen and oxygen atoms in total. The van der Waals surface area contributed by atoms with E-state index in [-0.39, 0.29) is 12.4 Å². The first-order valence-corrected chi connectivity index (χ1v) is 6.22. The maximum Gasteiger partial charge on any atom is 0.250 e. The molecular weight excluding hydrogens is 261 g/mol. The van der Waals surface area contributed by atoms with Crippen LogP contribution in [-0.2, 0) is 6.54 Å². The summed E-state index contributed by atoms with van der Waals surface area (Å²) >= 11 is 1.41. The molecule has 0 saturated carbocycles. The van der Waals surface area contributed by atoms with Gasteiger partial charge in [-0.3, -0.25) is 0 Å². The zero-order chi connectivity index (χ0) is 13.0. The highest BCUT2D eigenvalue weighted by molar-refractivity contribution is 7.13. The van der Waals surface area contributed by atoms with Crippen molar-refractivity contribution in [1.29, 1.82) is 0 Å². The molecule has 0 spiro atoms. The number of hydrogen-bond donors (Lipinski definition) is 1. The fraction of sp³-hybridized carbons (Fsp3) is 0.250. The number of rotatable bonds is 5. The van der Waals surface area contributed by atoms with Crippen molar-refractivity contribution in [2.45, 2.75) is 13.0 Å². The number of aromatic nitrogens is 1. The predicted octanol–water partition coefficient (Wildman–Crippen LogP) is 3.30. The Bertz CT molecular complexity index is 496. The lowest BCUT2D eigenvalue weighted by Gasteiger charge is -2.00. The zero-order valence-electron chi connectivity index (χ0n) is 9.37. The van der Waals surface area contributed by atoms with Crippen LogP contribution in [0.5, 0.6) is 0 Å². The van der Waals surface area contributed by atoms with Gasteiger partial charge in [-0.25, -0.2) is 18.2 Å². The lowest BCUT2D eigenvalue weighted by atomic mass is 10.2. The van der Waals surface area contributed by atoms with E-state index in [2.05, 4.69) is 10.3 Å². The molecule has 0 fully saturated rings. The second-order valence-electron chi connectivity index (χ2n) is 3.67. The minimum Gasteiger partial charge on any atom is -0.306 e. The van der Waals surface area contributed by atoms with Gasteiger partial charge in [0.1, 0.15) is 10.8 Å². The highest BCUT2D eigenvalue weighted by Crippen LogP contribution is 2.23. The third kappa shape index (κ3) is 3.54. The Labute approximate surface area is 106 Å². The first-order chi connectivity index (χ1) is 8.65. The van der Waals surface area contributed by atoms with Gasteiger partial charge in [-0.1, -0.05) is 0 Å². The van der Waals surface area contributed by atoms with Crippen LogP contribution in [0.15, 0.2) is 29.6 Å². The number of benzene rings is 1. The Morgan fingerprint density at radius 1 is 1.22 bits per heavy atom. The second-order valence-corrected chi connectivity index (χ2v) is 4.53. The molecule has 1 N–H and O–H groups in total. The SMILES string of the molecule is Fc1ccc(-c2nc(CNCC(F)F)cs2)cc1. The summed E-state index contributed by atoms with van der Waals surface area (Å²) < 4.78 is 36.6. The lowest BCUT2D eigenvalue weighted by Crippen LogP contribution is -2.20. The zero-order valence-corrected chi connectivity index (χ0v) is 10.2. The average molecular weight is 272 g/mol. The van der Waals surface area contributed by atoms with E-state index in [0.717, 1.165) is 10.6 Å². The summed E-state index contributed by atoms with van der Waals surface area (Å²) in [4.78, 5) is 4.30. The smallest absolute Gasteiger partial charge is 0.250 e. The molecule has 0 saturated heterocycles. The van der Waals surface area contributed by atoms with Crippen LogP contribution in [0.25, 0.3) is 10.6 Å². The maximum atomic E-state index is 12.8. The van der Waals surface area contributed by atoms with Crippen molar-refractivity contribution in [3.05, 3.63) is 41.2 Å². The van der Waals surface area contributed by atoms with Crippen LogP contribution in [0.4, 0.5) is 13.2 Å². The molecule has 0 bridgehead atoms. The van der Waals surface area contributed by atoms with Crippen LogP contribution in [0.2, 0.25) is 0 Å². The Morgan fingerprint density at radius 3 is 2.61 bits per heavy atom. The van der Waals surface area contributed by atoms with Gasteiger partial charge < -0.3 is 5.32 Å². The summed E-state index contributed by atoms with van der Waals surface area (Å²) in [6, 6.07) is 6.02. The normalized spacial score (nSPS) is 11.1. The number of hydrogen-bond acceptors (Lipinski definition) is 3. The molecule has 0 unspecified atom stereocenters. The third-order valence-electron chi connectivity index (χ3n) is 2.25. The monoisotopic (exact) mass is 272 g/mol. The van der Waals surface area contributed by atoms with Crippen LogP contribution in [0.3, 0.4) is 0 Å². The predicted molar refractivity (Wildman–Crippen MR) is 65.2 cm³/mol.